The molecular formula is C14H9ClFN3O2S. The van der Waals surface area contributed by atoms with Crippen molar-refractivity contribution in [3.8, 4) is 10.6 Å². The van der Waals surface area contributed by atoms with Gasteiger partial charge in [0, 0.05) is 6.20 Å². The number of hydrogen-bond donors (Lipinski definition) is 1. The highest BCUT2D eigenvalue weighted by Crippen LogP contribution is 2.37. The van der Waals surface area contributed by atoms with Crippen LogP contribution in [0.2, 0.25) is 5.02 Å². The van der Waals surface area contributed by atoms with Gasteiger partial charge < -0.3 is 4.74 Å². The van der Waals surface area contributed by atoms with E-state index in [1.165, 1.54) is 36.8 Å². The number of methoxy groups -OCH3 is 1. The lowest BCUT2D eigenvalue weighted by Crippen LogP contribution is -2.11. The zero-order chi connectivity index (χ0) is 15.7. The molecule has 3 rings (SSSR count). The first kappa shape index (κ1) is 14.7. The molecule has 1 N–H and O–H groups in total. The van der Waals surface area contributed by atoms with Crippen LogP contribution in [0.4, 0.5) is 15.0 Å². The molecule has 1 amide bonds. The molecule has 2 heterocycles. The Morgan fingerprint density at radius 3 is 2.95 bits per heavy atom. The SMILES string of the molecule is COC(=O)Nc1nccc2nc(-c3c(F)cccc3Cl)sc12. The molecule has 112 valence electrons. The van der Waals surface area contributed by atoms with Crippen LogP contribution in [0, 0.1) is 5.82 Å². The van der Waals surface area contributed by atoms with Crippen molar-refractivity contribution in [1.82, 2.24) is 9.97 Å². The minimum atomic E-state index is -0.640. The number of fused-ring (bicyclic) bond motifs is 1. The average Bonchev–Trinajstić information content (AvgIpc) is 2.91. The van der Waals surface area contributed by atoms with Gasteiger partial charge in [-0.05, 0) is 18.2 Å². The van der Waals surface area contributed by atoms with Gasteiger partial charge in [0.05, 0.1) is 27.9 Å². The molecule has 3 aromatic rings. The number of nitrogens with zero attached hydrogens (tertiary/aromatic N) is 2. The number of ether oxygens (including phenoxy) is 1. The summed E-state index contributed by atoms with van der Waals surface area (Å²) in [5, 5.41) is 3.19. The number of carbonyl (C=O) groups is 1. The van der Waals surface area contributed by atoms with Gasteiger partial charge in [-0.3, -0.25) is 5.32 Å². The lowest BCUT2D eigenvalue weighted by Gasteiger charge is -2.02. The molecule has 0 saturated carbocycles. The second-order valence-corrected chi connectivity index (χ2v) is 5.65. The van der Waals surface area contributed by atoms with Crippen LogP contribution in [0.1, 0.15) is 0 Å². The summed E-state index contributed by atoms with van der Waals surface area (Å²) in [4.78, 5) is 19.8. The van der Waals surface area contributed by atoms with Gasteiger partial charge in [0.15, 0.2) is 5.82 Å². The van der Waals surface area contributed by atoms with Gasteiger partial charge in [0.25, 0.3) is 0 Å². The molecular weight excluding hydrogens is 329 g/mol. The highest BCUT2D eigenvalue weighted by molar-refractivity contribution is 7.22. The van der Waals surface area contributed by atoms with Crippen LogP contribution in [0.25, 0.3) is 20.8 Å². The Labute approximate surface area is 133 Å². The van der Waals surface area contributed by atoms with Crippen LogP contribution in [-0.4, -0.2) is 23.2 Å². The van der Waals surface area contributed by atoms with E-state index in [9.17, 15) is 9.18 Å². The standard InChI is InChI=1S/C14H9ClFN3O2S/c1-21-14(20)19-12-11-9(5-6-17-12)18-13(22-11)10-7(15)3-2-4-8(10)16/h2-6H,1H3,(H,17,19,20). The van der Waals surface area contributed by atoms with Crippen molar-refractivity contribution in [3.05, 3.63) is 41.3 Å². The summed E-state index contributed by atoms with van der Waals surface area (Å²) >= 11 is 7.25. The fraction of sp³-hybridized carbons (Fsp3) is 0.0714. The van der Waals surface area contributed by atoms with E-state index in [-0.39, 0.29) is 10.6 Å². The highest BCUT2D eigenvalue weighted by Gasteiger charge is 2.17. The van der Waals surface area contributed by atoms with E-state index in [0.717, 1.165) is 0 Å². The minimum Gasteiger partial charge on any atom is -0.453 e. The third-order valence-corrected chi connectivity index (χ3v) is 4.30. The molecule has 0 bridgehead atoms. The van der Waals surface area contributed by atoms with Gasteiger partial charge >= 0.3 is 6.09 Å². The third-order valence-electron chi connectivity index (χ3n) is 2.89. The van der Waals surface area contributed by atoms with E-state index in [0.29, 0.717) is 21.0 Å². The van der Waals surface area contributed by atoms with Gasteiger partial charge in [-0.15, -0.1) is 11.3 Å². The van der Waals surface area contributed by atoms with Crippen molar-refractivity contribution in [2.45, 2.75) is 0 Å². The molecule has 0 unspecified atom stereocenters. The van der Waals surface area contributed by atoms with Crippen molar-refractivity contribution in [1.29, 1.82) is 0 Å². The number of thiazole rings is 1. The maximum Gasteiger partial charge on any atom is 0.412 e. The minimum absolute atomic E-state index is 0.231. The van der Waals surface area contributed by atoms with Gasteiger partial charge in [-0.25, -0.2) is 19.2 Å². The summed E-state index contributed by atoms with van der Waals surface area (Å²) in [7, 11) is 1.26. The molecule has 0 atom stereocenters. The number of pyridine rings is 1. The van der Waals surface area contributed by atoms with Gasteiger partial charge in [-0.2, -0.15) is 0 Å². The summed E-state index contributed by atoms with van der Waals surface area (Å²) in [5.41, 5.74) is 0.815. The molecule has 0 saturated heterocycles. The van der Waals surface area contributed by atoms with Crippen LogP contribution in [-0.2, 0) is 4.74 Å². The van der Waals surface area contributed by atoms with E-state index in [2.05, 4.69) is 20.0 Å². The molecule has 22 heavy (non-hydrogen) atoms. The summed E-state index contributed by atoms with van der Waals surface area (Å²) in [6.07, 6.45) is 0.860. The summed E-state index contributed by atoms with van der Waals surface area (Å²) in [5.74, 6) is -0.150. The van der Waals surface area contributed by atoms with Crippen molar-refractivity contribution in [2.24, 2.45) is 0 Å². The number of amides is 1. The Morgan fingerprint density at radius 2 is 2.23 bits per heavy atom. The molecule has 0 radical (unpaired) electrons. The summed E-state index contributed by atoms with van der Waals surface area (Å²) < 4.78 is 19.2. The van der Waals surface area contributed by atoms with E-state index >= 15 is 0 Å². The number of benzene rings is 1. The quantitative estimate of drug-likeness (QED) is 0.756. The zero-order valence-corrected chi connectivity index (χ0v) is 12.8. The fourth-order valence-electron chi connectivity index (χ4n) is 1.90. The van der Waals surface area contributed by atoms with Crippen molar-refractivity contribution < 1.29 is 13.9 Å². The fourth-order valence-corrected chi connectivity index (χ4v) is 3.28. The average molecular weight is 338 g/mol. The Kier molecular flexibility index (Phi) is 3.91. The van der Waals surface area contributed by atoms with Gasteiger partial charge in [-0.1, -0.05) is 17.7 Å². The predicted octanol–water partition coefficient (Wildman–Crippen LogP) is 4.33. The topological polar surface area (TPSA) is 64.1 Å². The van der Waals surface area contributed by atoms with E-state index < -0.39 is 11.9 Å². The second-order valence-electron chi connectivity index (χ2n) is 4.24. The number of hydrogen-bond acceptors (Lipinski definition) is 5. The molecule has 2 aromatic heterocycles. The number of nitrogens with one attached hydrogen (secondary N) is 1. The van der Waals surface area contributed by atoms with Crippen molar-refractivity contribution in [3.63, 3.8) is 0 Å². The Balaban J connectivity index is 2.14. The van der Waals surface area contributed by atoms with Gasteiger partial charge in [0.1, 0.15) is 10.8 Å². The molecule has 1 aromatic carbocycles. The molecule has 5 nitrogen and oxygen atoms in total. The van der Waals surface area contributed by atoms with Gasteiger partial charge in [0.2, 0.25) is 0 Å². The monoisotopic (exact) mass is 337 g/mol. The molecule has 8 heteroatoms. The maximum absolute atomic E-state index is 14.0. The first-order valence-electron chi connectivity index (χ1n) is 6.15. The lowest BCUT2D eigenvalue weighted by molar-refractivity contribution is 0.187. The molecule has 0 aliphatic carbocycles. The highest BCUT2D eigenvalue weighted by atomic mass is 35.5. The number of aromatic nitrogens is 2. The van der Waals surface area contributed by atoms with Crippen LogP contribution < -0.4 is 5.32 Å². The summed E-state index contributed by atoms with van der Waals surface area (Å²) in [6, 6.07) is 6.11. The number of rotatable bonds is 2. The first-order valence-corrected chi connectivity index (χ1v) is 7.34. The van der Waals surface area contributed by atoms with Crippen LogP contribution in [0.3, 0.4) is 0 Å². The van der Waals surface area contributed by atoms with Crippen molar-refractivity contribution in [2.75, 3.05) is 12.4 Å². The van der Waals surface area contributed by atoms with Crippen LogP contribution in [0.5, 0.6) is 0 Å². The molecule has 0 spiro atoms. The number of anilines is 1. The van der Waals surface area contributed by atoms with E-state index in [1.54, 1.807) is 12.1 Å². The van der Waals surface area contributed by atoms with Crippen molar-refractivity contribution >= 4 is 45.1 Å². The largest absolute Gasteiger partial charge is 0.453 e. The predicted molar refractivity (Wildman–Crippen MR) is 83.8 cm³/mol. The summed E-state index contributed by atoms with van der Waals surface area (Å²) in [6.45, 7) is 0. The maximum atomic E-state index is 14.0. The first-order chi connectivity index (χ1) is 10.6. The smallest absolute Gasteiger partial charge is 0.412 e. The van der Waals surface area contributed by atoms with Crippen LogP contribution >= 0.6 is 22.9 Å². The lowest BCUT2D eigenvalue weighted by atomic mass is 10.2. The third kappa shape index (κ3) is 2.60. The second kappa shape index (κ2) is 5.86. The zero-order valence-electron chi connectivity index (χ0n) is 11.3. The van der Waals surface area contributed by atoms with E-state index in [1.807, 2.05) is 0 Å². The van der Waals surface area contributed by atoms with Crippen LogP contribution in [0.15, 0.2) is 30.5 Å². The Hall–Kier alpha value is -2.25. The molecule has 0 fully saturated rings. The Bertz CT molecular complexity index is 848. The number of carbonyl (C=O) groups excluding carboxylic acids is 1. The normalized spacial score (nSPS) is 10.7. The molecule has 0 aliphatic heterocycles. The number of halogens is 2. The Morgan fingerprint density at radius 1 is 1.41 bits per heavy atom. The molecule has 0 aliphatic rings. The van der Waals surface area contributed by atoms with E-state index in [4.69, 9.17) is 11.6 Å².